The van der Waals surface area contributed by atoms with Gasteiger partial charge in [-0.25, -0.2) is 4.98 Å². The van der Waals surface area contributed by atoms with Gasteiger partial charge in [-0.05, 0) is 18.9 Å². The molecule has 1 saturated heterocycles. The van der Waals surface area contributed by atoms with Crippen LogP contribution in [0.5, 0.6) is 17.9 Å². The highest BCUT2D eigenvalue weighted by Crippen LogP contribution is 2.23. The van der Waals surface area contributed by atoms with Gasteiger partial charge in [0.1, 0.15) is 0 Å². The monoisotopic (exact) mass is 331 g/mol. The molecule has 3 heterocycles. The van der Waals surface area contributed by atoms with Gasteiger partial charge in [-0.2, -0.15) is 9.97 Å². The Labute approximate surface area is 140 Å². The number of piperidine rings is 1. The van der Waals surface area contributed by atoms with Crippen LogP contribution in [0.4, 0.5) is 5.95 Å². The maximum Gasteiger partial charge on any atom is 0.324 e. The molecule has 1 atom stereocenters. The lowest BCUT2D eigenvalue weighted by Crippen LogP contribution is -2.38. The smallest absolute Gasteiger partial charge is 0.324 e. The van der Waals surface area contributed by atoms with E-state index in [1.54, 1.807) is 6.20 Å². The van der Waals surface area contributed by atoms with Crippen LogP contribution in [0.2, 0.25) is 0 Å². The van der Waals surface area contributed by atoms with Crippen LogP contribution in [-0.4, -0.2) is 53.9 Å². The van der Waals surface area contributed by atoms with E-state index in [4.69, 9.17) is 14.2 Å². The largest absolute Gasteiger partial charge is 0.477 e. The lowest BCUT2D eigenvalue weighted by Gasteiger charge is -2.32. The Hall–Kier alpha value is -2.64. The topological polar surface area (TPSA) is 82.5 Å². The summed E-state index contributed by atoms with van der Waals surface area (Å²) in [6.45, 7) is 2.31. The summed E-state index contributed by atoms with van der Waals surface area (Å²) in [4.78, 5) is 19.0. The second-order valence-corrected chi connectivity index (χ2v) is 5.54. The van der Waals surface area contributed by atoms with Crippen molar-refractivity contribution in [2.75, 3.05) is 38.8 Å². The van der Waals surface area contributed by atoms with Gasteiger partial charge in [-0.3, -0.25) is 0 Å². The number of rotatable bonds is 6. The minimum atomic E-state index is 0.253. The average molecular weight is 331 g/mol. The van der Waals surface area contributed by atoms with Crippen molar-refractivity contribution >= 4 is 5.95 Å². The first kappa shape index (κ1) is 16.2. The van der Waals surface area contributed by atoms with Crippen LogP contribution in [0.25, 0.3) is 0 Å². The standard InChI is InChI=1S/C16H21N5O3/c1-22-15-18-14(19-16(20-15)23-2)21-9-5-6-12(10-21)11-24-13-7-3-4-8-17-13/h3-4,7-8,12H,5-6,9-11H2,1-2H3. The van der Waals surface area contributed by atoms with Crippen molar-refractivity contribution in [3.05, 3.63) is 24.4 Å². The molecule has 1 aliphatic heterocycles. The molecule has 2 aromatic heterocycles. The van der Waals surface area contributed by atoms with Crippen LogP contribution in [0.1, 0.15) is 12.8 Å². The zero-order valence-electron chi connectivity index (χ0n) is 13.9. The Morgan fingerprint density at radius 1 is 1.12 bits per heavy atom. The molecule has 0 aromatic carbocycles. The van der Waals surface area contributed by atoms with E-state index >= 15 is 0 Å². The number of nitrogens with zero attached hydrogens (tertiary/aromatic N) is 5. The molecule has 8 heteroatoms. The molecule has 0 aliphatic carbocycles. The molecule has 0 bridgehead atoms. The SMILES string of the molecule is COc1nc(OC)nc(N2CCCC(COc3ccccn3)C2)n1. The maximum atomic E-state index is 5.78. The van der Waals surface area contributed by atoms with Crippen molar-refractivity contribution in [2.45, 2.75) is 12.8 Å². The summed E-state index contributed by atoms with van der Waals surface area (Å²) >= 11 is 0. The third-order valence-corrected chi connectivity index (χ3v) is 3.85. The van der Waals surface area contributed by atoms with E-state index in [0.29, 0.717) is 24.4 Å². The zero-order valence-corrected chi connectivity index (χ0v) is 13.9. The van der Waals surface area contributed by atoms with E-state index < -0.39 is 0 Å². The number of hydrogen-bond donors (Lipinski definition) is 0. The average Bonchev–Trinajstić information content (AvgIpc) is 2.67. The van der Waals surface area contributed by atoms with Crippen LogP contribution >= 0.6 is 0 Å². The van der Waals surface area contributed by atoms with E-state index in [0.717, 1.165) is 25.9 Å². The summed E-state index contributed by atoms with van der Waals surface area (Å²) in [7, 11) is 3.05. The second kappa shape index (κ2) is 7.76. The van der Waals surface area contributed by atoms with Gasteiger partial charge in [0.15, 0.2) is 0 Å². The van der Waals surface area contributed by atoms with Crippen LogP contribution in [0.15, 0.2) is 24.4 Å². The number of ether oxygens (including phenoxy) is 3. The predicted molar refractivity (Wildman–Crippen MR) is 87.6 cm³/mol. The molecule has 0 radical (unpaired) electrons. The molecule has 1 fully saturated rings. The third kappa shape index (κ3) is 4.01. The van der Waals surface area contributed by atoms with E-state index in [9.17, 15) is 0 Å². The summed E-state index contributed by atoms with van der Waals surface area (Å²) in [6.07, 6.45) is 3.88. The van der Waals surface area contributed by atoms with E-state index in [1.165, 1.54) is 14.2 Å². The summed E-state index contributed by atoms with van der Waals surface area (Å²) in [6, 6.07) is 6.16. The van der Waals surface area contributed by atoms with Gasteiger partial charge in [0, 0.05) is 31.3 Å². The lowest BCUT2D eigenvalue weighted by atomic mass is 9.99. The molecular weight excluding hydrogens is 310 g/mol. The Morgan fingerprint density at radius 3 is 2.58 bits per heavy atom. The van der Waals surface area contributed by atoms with Gasteiger partial charge < -0.3 is 19.1 Å². The number of hydrogen-bond acceptors (Lipinski definition) is 8. The van der Waals surface area contributed by atoms with Crippen LogP contribution < -0.4 is 19.1 Å². The highest BCUT2D eigenvalue weighted by atomic mass is 16.5. The molecule has 24 heavy (non-hydrogen) atoms. The first-order valence-electron chi connectivity index (χ1n) is 7.91. The molecular formula is C16H21N5O3. The van der Waals surface area contributed by atoms with Gasteiger partial charge in [0.25, 0.3) is 0 Å². The van der Waals surface area contributed by atoms with Crippen molar-refractivity contribution in [1.29, 1.82) is 0 Å². The minimum absolute atomic E-state index is 0.253. The van der Waals surface area contributed by atoms with Crippen molar-refractivity contribution < 1.29 is 14.2 Å². The normalized spacial score (nSPS) is 17.4. The summed E-state index contributed by atoms with van der Waals surface area (Å²) < 4.78 is 16.0. The maximum absolute atomic E-state index is 5.78. The summed E-state index contributed by atoms with van der Waals surface area (Å²) in [5, 5.41) is 0. The molecule has 0 spiro atoms. The fraction of sp³-hybridized carbons (Fsp3) is 0.500. The van der Waals surface area contributed by atoms with Crippen molar-refractivity contribution in [1.82, 2.24) is 19.9 Å². The quantitative estimate of drug-likeness (QED) is 0.789. The molecule has 8 nitrogen and oxygen atoms in total. The molecule has 0 amide bonds. The minimum Gasteiger partial charge on any atom is -0.477 e. The summed E-state index contributed by atoms with van der Waals surface area (Å²) in [5.74, 6) is 1.61. The number of anilines is 1. The van der Waals surface area contributed by atoms with Gasteiger partial charge in [-0.15, -0.1) is 4.98 Å². The number of pyridine rings is 1. The third-order valence-electron chi connectivity index (χ3n) is 3.85. The van der Waals surface area contributed by atoms with Crippen LogP contribution in [0.3, 0.4) is 0 Å². The first-order chi connectivity index (χ1) is 11.8. The van der Waals surface area contributed by atoms with Gasteiger partial charge in [0.2, 0.25) is 11.8 Å². The van der Waals surface area contributed by atoms with E-state index in [2.05, 4.69) is 24.8 Å². The molecule has 3 rings (SSSR count). The molecule has 0 saturated carbocycles. The lowest BCUT2D eigenvalue weighted by molar-refractivity contribution is 0.221. The van der Waals surface area contributed by atoms with Gasteiger partial charge in [-0.1, -0.05) is 6.07 Å². The number of methoxy groups -OCH3 is 2. The molecule has 128 valence electrons. The molecule has 2 aromatic rings. The summed E-state index contributed by atoms with van der Waals surface area (Å²) in [5.41, 5.74) is 0. The fourth-order valence-corrected chi connectivity index (χ4v) is 2.67. The molecule has 1 unspecified atom stereocenters. The van der Waals surface area contributed by atoms with Crippen molar-refractivity contribution in [3.63, 3.8) is 0 Å². The zero-order chi connectivity index (χ0) is 16.8. The van der Waals surface area contributed by atoms with E-state index in [-0.39, 0.29) is 12.0 Å². The highest BCUT2D eigenvalue weighted by Gasteiger charge is 2.24. The van der Waals surface area contributed by atoms with Gasteiger partial charge in [0.05, 0.1) is 20.8 Å². The van der Waals surface area contributed by atoms with Crippen molar-refractivity contribution in [2.24, 2.45) is 5.92 Å². The van der Waals surface area contributed by atoms with Gasteiger partial charge >= 0.3 is 12.0 Å². The van der Waals surface area contributed by atoms with Crippen LogP contribution in [-0.2, 0) is 0 Å². The van der Waals surface area contributed by atoms with E-state index in [1.807, 2.05) is 18.2 Å². The van der Waals surface area contributed by atoms with Crippen molar-refractivity contribution in [3.8, 4) is 17.9 Å². The Morgan fingerprint density at radius 2 is 1.92 bits per heavy atom. The second-order valence-electron chi connectivity index (χ2n) is 5.54. The molecule has 0 N–H and O–H groups in total. The number of aromatic nitrogens is 4. The Balaban J connectivity index is 1.65. The predicted octanol–water partition coefficient (Wildman–Crippen LogP) is 1.58. The Kier molecular flexibility index (Phi) is 5.25. The van der Waals surface area contributed by atoms with Crippen LogP contribution in [0, 0.1) is 5.92 Å². The fourth-order valence-electron chi connectivity index (χ4n) is 2.67. The Bertz CT molecular complexity index is 633. The highest BCUT2D eigenvalue weighted by molar-refractivity contribution is 5.33. The first-order valence-corrected chi connectivity index (χ1v) is 7.91. The molecule has 1 aliphatic rings.